The lowest BCUT2D eigenvalue weighted by atomic mass is 10.1. The summed E-state index contributed by atoms with van der Waals surface area (Å²) in [5.74, 6) is 1.23. The molecule has 4 heteroatoms. The topological polar surface area (TPSA) is 57.2 Å². The Balaban J connectivity index is 2.49. The maximum atomic E-state index is 12.4. The Morgan fingerprint density at radius 3 is 2.45 bits per heavy atom. The molecule has 0 aliphatic rings. The van der Waals surface area contributed by atoms with Crippen LogP contribution in [0.5, 0.6) is 5.75 Å². The van der Waals surface area contributed by atoms with Gasteiger partial charge in [-0.25, -0.2) is 0 Å². The molecule has 0 bridgehead atoms. The van der Waals surface area contributed by atoms with Gasteiger partial charge in [-0.15, -0.1) is 0 Å². The monoisotopic (exact) mass is 300 g/mol. The van der Waals surface area contributed by atoms with E-state index < -0.39 is 0 Å². The van der Waals surface area contributed by atoms with Crippen molar-refractivity contribution in [3.63, 3.8) is 0 Å². The minimum atomic E-state index is -0.278. The number of nitrogens with two attached hydrogens (primary N) is 1. The molecular weight excluding hydrogens is 276 g/mol. The van der Waals surface area contributed by atoms with E-state index in [1.54, 1.807) is 11.6 Å². The molecule has 2 aromatic rings. The second kappa shape index (κ2) is 6.79. The standard InChI is InChI=1S/C18H24N2O2/c1-12(2)11-22-17-8-6-5-7-15(17)16-10-9-14(13(3)19)18(21)20(16)4/h5-10,12-13H,11,19H2,1-4H3. The molecular formula is C18H24N2O2. The Morgan fingerprint density at radius 1 is 1.14 bits per heavy atom. The molecule has 2 N–H and O–H groups in total. The number of pyridine rings is 1. The Morgan fingerprint density at radius 2 is 1.82 bits per heavy atom. The fourth-order valence-corrected chi connectivity index (χ4v) is 2.33. The zero-order chi connectivity index (χ0) is 16.3. The predicted octanol–water partition coefficient (Wildman–Crippen LogP) is 3.11. The Bertz CT molecular complexity index is 702. The summed E-state index contributed by atoms with van der Waals surface area (Å²) in [4.78, 5) is 12.4. The van der Waals surface area contributed by atoms with Crippen molar-refractivity contribution in [1.29, 1.82) is 0 Å². The van der Waals surface area contributed by atoms with E-state index in [1.165, 1.54) is 0 Å². The summed E-state index contributed by atoms with van der Waals surface area (Å²) < 4.78 is 7.52. The van der Waals surface area contributed by atoms with Crippen molar-refractivity contribution in [3.05, 3.63) is 52.3 Å². The average molecular weight is 300 g/mol. The van der Waals surface area contributed by atoms with Crippen LogP contribution in [0.25, 0.3) is 11.3 Å². The average Bonchev–Trinajstić information content (AvgIpc) is 2.48. The van der Waals surface area contributed by atoms with Crippen molar-refractivity contribution in [2.24, 2.45) is 18.7 Å². The SMILES string of the molecule is CC(C)COc1ccccc1-c1ccc(C(C)N)c(=O)n1C. The van der Waals surface area contributed by atoms with Gasteiger partial charge in [-0.1, -0.05) is 26.0 Å². The molecule has 0 saturated carbocycles. The third-order valence-corrected chi connectivity index (χ3v) is 3.56. The van der Waals surface area contributed by atoms with Crippen LogP contribution in [-0.2, 0) is 7.05 Å². The van der Waals surface area contributed by atoms with Gasteiger partial charge in [-0.05, 0) is 37.1 Å². The number of rotatable bonds is 5. The number of benzene rings is 1. The lowest BCUT2D eigenvalue weighted by Gasteiger charge is -2.16. The Hall–Kier alpha value is -2.07. The number of nitrogens with zero attached hydrogens (tertiary/aromatic N) is 1. The van der Waals surface area contributed by atoms with Crippen molar-refractivity contribution in [1.82, 2.24) is 4.57 Å². The van der Waals surface area contributed by atoms with E-state index in [-0.39, 0.29) is 11.6 Å². The molecule has 1 atom stereocenters. The third-order valence-electron chi connectivity index (χ3n) is 3.56. The molecule has 1 unspecified atom stereocenters. The van der Waals surface area contributed by atoms with Gasteiger partial charge >= 0.3 is 0 Å². The van der Waals surface area contributed by atoms with Crippen molar-refractivity contribution in [2.75, 3.05) is 6.61 Å². The van der Waals surface area contributed by atoms with E-state index >= 15 is 0 Å². The van der Waals surface area contributed by atoms with Crippen LogP contribution in [0.4, 0.5) is 0 Å². The molecule has 0 aliphatic carbocycles. The predicted molar refractivity (Wildman–Crippen MR) is 90.1 cm³/mol. The summed E-state index contributed by atoms with van der Waals surface area (Å²) in [6.07, 6.45) is 0. The minimum absolute atomic E-state index is 0.0637. The Kier molecular flexibility index (Phi) is 5.03. The van der Waals surface area contributed by atoms with Crippen molar-refractivity contribution >= 4 is 0 Å². The first kappa shape index (κ1) is 16.3. The van der Waals surface area contributed by atoms with E-state index in [0.29, 0.717) is 18.1 Å². The summed E-state index contributed by atoms with van der Waals surface area (Å²) in [7, 11) is 1.77. The van der Waals surface area contributed by atoms with Gasteiger partial charge in [0.25, 0.3) is 5.56 Å². The zero-order valence-electron chi connectivity index (χ0n) is 13.7. The van der Waals surface area contributed by atoms with E-state index in [2.05, 4.69) is 13.8 Å². The van der Waals surface area contributed by atoms with E-state index in [9.17, 15) is 4.79 Å². The van der Waals surface area contributed by atoms with Crippen LogP contribution in [0.2, 0.25) is 0 Å². The molecule has 0 radical (unpaired) electrons. The number of aromatic nitrogens is 1. The van der Waals surface area contributed by atoms with Gasteiger partial charge in [0.05, 0.1) is 12.3 Å². The molecule has 1 aromatic heterocycles. The molecule has 0 aliphatic heterocycles. The molecule has 4 nitrogen and oxygen atoms in total. The maximum Gasteiger partial charge on any atom is 0.255 e. The summed E-state index contributed by atoms with van der Waals surface area (Å²) in [6, 6.07) is 11.2. The fourth-order valence-electron chi connectivity index (χ4n) is 2.33. The number of ether oxygens (including phenoxy) is 1. The summed E-state index contributed by atoms with van der Waals surface area (Å²) in [5, 5.41) is 0. The van der Waals surface area contributed by atoms with Gasteiger partial charge in [0.15, 0.2) is 0 Å². The van der Waals surface area contributed by atoms with Crippen LogP contribution in [0, 0.1) is 5.92 Å². The van der Waals surface area contributed by atoms with Crippen LogP contribution in [-0.4, -0.2) is 11.2 Å². The summed E-state index contributed by atoms with van der Waals surface area (Å²) in [6.45, 7) is 6.67. The smallest absolute Gasteiger partial charge is 0.255 e. The highest BCUT2D eigenvalue weighted by Crippen LogP contribution is 2.29. The second-order valence-corrected chi connectivity index (χ2v) is 6.03. The van der Waals surface area contributed by atoms with E-state index in [4.69, 9.17) is 10.5 Å². The van der Waals surface area contributed by atoms with Crippen LogP contribution in [0.1, 0.15) is 32.4 Å². The molecule has 1 heterocycles. The van der Waals surface area contributed by atoms with Gasteiger partial charge in [-0.2, -0.15) is 0 Å². The largest absolute Gasteiger partial charge is 0.493 e. The third kappa shape index (κ3) is 3.39. The highest BCUT2D eigenvalue weighted by atomic mass is 16.5. The molecule has 1 aromatic carbocycles. The van der Waals surface area contributed by atoms with Crippen LogP contribution in [0.3, 0.4) is 0 Å². The van der Waals surface area contributed by atoms with Crippen LogP contribution in [0.15, 0.2) is 41.2 Å². The molecule has 22 heavy (non-hydrogen) atoms. The highest BCUT2D eigenvalue weighted by Gasteiger charge is 2.13. The quantitative estimate of drug-likeness (QED) is 0.923. The molecule has 0 saturated heterocycles. The zero-order valence-corrected chi connectivity index (χ0v) is 13.7. The first-order valence-electron chi connectivity index (χ1n) is 7.59. The Labute approximate surface area is 131 Å². The van der Waals surface area contributed by atoms with Gasteiger partial charge in [0.1, 0.15) is 5.75 Å². The number of hydrogen-bond donors (Lipinski definition) is 1. The lowest BCUT2D eigenvalue weighted by Crippen LogP contribution is -2.26. The lowest BCUT2D eigenvalue weighted by molar-refractivity contribution is 0.272. The molecule has 2 rings (SSSR count). The number of hydrogen-bond acceptors (Lipinski definition) is 3. The van der Waals surface area contributed by atoms with E-state index in [0.717, 1.165) is 17.0 Å². The van der Waals surface area contributed by atoms with Gasteiger partial charge in [-0.3, -0.25) is 4.79 Å². The van der Waals surface area contributed by atoms with Crippen molar-refractivity contribution < 1.29 is 4.74 Å². The summed E-state index contributed by atoms with van der Waals surface area (Å²) in [5.41, 5.74) is 8.14. The van der Waals surface area contributed by atoms with Crippen LogP contribution >= 0.6 is 0 Å². The van der Waals surface area contributed by atoms with Gasteiger partial charge in [0, 0.05) is 24.2 Å². The normalized spacial score (nSPS) is 12.5. The molecule has 0 fully saturated rings. The molecule has 118 valence electrons. The van der Waals surface area contributed by atoms with Crippen molar-refractivity contribution in [2.45, 2.75) is 26.8 Å². The maximum absolute atomic E-state index is 12.4. The minimum Gasteiger partial charge on any atom is -0.493 e. The second-order valence-electron chi connectivity index (χ2n) is 6.03. The molecule has 0 spiro atoms. The number of para-hydroxylation sites is 1. The van der Waals surface area contributed by atoms with Crippen LogP contribution < -0.4 is 16.0 Å². The van der Waals surface area contributed by atoms with Crippen molar-refractivity contribution in [3.8, 4) is 17.0 Å². The van der Waals surface area contributed by atoms with Gasteiger partial charge in [0.2, 0.25) is 0 Å². The van der Waals surface area contributed by atoms with Gasteiger partial charge < -0.3 is 15.0 Å². The highest BCUT2D eigenvalue weighted by molar-refractivity contribution is 5.67. The first-order valence-corrected chi connectivity index (χ1v) is 7.59. The molecule has 0 amide bonds. The van der Waals surface area contributed by atoms with E-state index in [1.807, 2.05) is 43.3 Å². The summed E-state index contributed by atoms with van der Waals surface area (Å²) >= 11 is 0. The first-order chi connectivity index (χ1) is 10.4. The fraction of sp³-hybridized carbons (Fsp3) is 0.389.